The highest BCUT2D eigenvalue weighted by atomic mass is 32.2. The van der Waals surface area contributed by atoms with Gasteiger partial charge in [0.15, 0.2) is 0 Å². The lowest BCUT2D eigenvalue weighted by molar-refractivity contribution is -0.132. The molecule has 5 aliphatic rings. The molecule has 3 saturated heterocycles. The van der Waals surface area contributed by atoms with E-state index < -0.39 is 10.8 Å². The summed E-state index contributed by atoms with van der Waals surface area (Å²) in [5.74, 6) is 3.51. The van der Waals surface area contributed by atoms with Gasteiger partial charge in [-0.2, -0.15) is 4.98 Å². The number of fused-ring (bicyclic) bond motifs is 3. The molecule has 1 aliphatic carbocycles. The van der Waals surface area contributed by atoms with E-state index in [1.807, 2.05) is 7.05 Å². The minimum absolute atomic E-state index is 0.122. The Kier molecular flexibility index (Phi) is 5.05. The molecule has 4 atom stereocenters. The maximum absolute atomic E-state index is 12.8. The average molecular weight is 493 g/mol. The van der Waals surface area contributed by atoms with Crippen LogP contribution in [0.4, 0.5) is 17.5 Å². The second kappa shape index (κ2) is 8.18. The van der Waals surface area contributed by atoms with Crippen LogP contribution >= 0.6 is 0 Å². The van der Waals surface area contributed by atoms with Crippen LogP contribution in [-0.2, 0) is 34.9 Å². The Morgan fingerprint density at radius 1 is 0.943 bits per heavy atom. The number of hydrogen-bond acceptors (Lipinski definition) is 7. The maximum Gasteiger partial charge on any atom is 0.227 e. The lowest BCUT2D eigenvalue weighted by Gasteiger charge is -2.31. The first-order valence-electron chi connectivity index (χ1n) is 12.9. The summed E-state index contributed by atoms with van der Waals surface area (Å²) in [6.45, 7) is 4.75. The molecule has 0 spiro atoms. The molecule has 0 saturated carbocycles. The Bertz CT molecular complexity index is 1220. The number of piperidine rings is 1. The molecule has 184 valence electrons. The van der Waals surface area contributed by atoms with Crippen molar-refractivity contribution in [1.82, 2.24) is 14.9 Å². The van der Waals surface area contributed by atoms with E-state index in [0.717, 1.165) is 55.6 Å². The van der Waals surface area contributed by atoms with E-state index in [4.69, 9.17) is 9.97 Å². The van der Waals surface area contributed by atoms with Gasteiger partial charge in [0.25, 0.3) is 0 Å². The Balaban J connectivity index is 1.09. The highest BCUT2D eigenvalue weighted by Gasteiger charge is 2.42. The number of benzene rings is 1. The Hall–Kier alpha value is -2.68. The van der Waals surface area contributed by atoms with E-state index in [0.29, 0.717) is 36.4 Å². The van der Waals surface area contributed by atoms with Crippen LogP contribution in [0.3, 0.4) is 0 Å². The van der Waals surface area contributed by atoms with Crippen LogP contribution in [-0.4, -0.2) is 76.6 Å². The van der Waals surface area contributed by atoms with E-state index in [-0.39, 0.29) is 11.9 Å². The van der Waals surface area contributed by atoms with Gasteiger partial charge in [-0.25, -0.2) is 4.98 Å². The van der Waals surface area contributed by atoms with Crippen molar-refractivity contribution >= 4 is 34.2 Å². The van der Waals surface area contributed by atoms with Crippen LogP contribution in [0, 0.1) is 11.8 Å². The first-order chi connectivity index (χ1) is 17.0. The summed E-state index contributed by atoms with van der Waals surface area (Å²) >= 11 is 0. The van der Waals surface area contributed by atoms with Crippen LogP contribution < -0.4 is 15.1 Å². The summed E-state index contributed by atoms with van der Waals surface area (Å²) in [7, 11) is 0.783. The van der Waals surface area contributed by atoms with Gasteiger partial charge in [0.1, 0.15) is 10.7 Å². The number of aromatic nitrogens is 2. The molecule has 0 radical (unpaired) electrons. The van der Waals surface area contributed by atoms with Gasteiger partial charge in [-0.1, -0.05) is 6.07 Å². The third kappa shape index (κ3) is 3.70. The maximum atomic E-state index is 12.8. The number of nitrogens with one attached hydrogen (secondary N) is 1. The van der Waals surface area contributed by atoms with Crippen molar-refractivity contribution in [2.24, 2.45) is 11.8 Å². The quantitative estimate of drug-likeness (QED) is 0.698. The number of nitrogens with zero attached hydrogens (tertiary/aromatic N) is 5. The van der Waals surface area contributed by atoms with Gasteiger partial charge in [-0.05, 0) is 42.5 Å². The van der Waals surface area contributed by atoms with Crippen molar-refractivity contribution in [3.63, 3.8) is 0 Å². The molecule has 1 aromatic heterocycles. The van der Waals surface area contributed by atoms with E-state index in [1.54, 1.807) is 4.90 Å². The van der Waals surface area contributed by atoms with Gasteiger partial charge >= 0.3 is 0 Å². The molecule has 1 N–H and O–H groups in total. The molecular weight excluding hydrogens is 460 g/mol. The topological polar surface area (TPSA) is 81.7 Å². The molecule has 5 heterocycles. The Labute approximate surface area is 208 Å². The predicted molar refractivity (Wildman–Crippen MR) is 137 cm³/mol. The van der Waals surface area contributed by atoms with E-state index in [9.17, 15) is 9.00 Å². The van der Waals surface area contributed by atoms with E-state index >= 15 is 0 Å². The monoisotopic (exact) mass is 492 g/mol. The van der Waals surface area contributed by atoms with Gasteiger partial charge in [0, 0.05) is 81.9 Å². The Morgan fingerprint density at radius 3 is 2.43 bits per heavy atom. The zero-order chi connectivity index (χ0) is 23.7. The van der Waals surface area contributed by atoms with Crippen molar-refractivity contribution in [2.45, 2.75) is 43.0 Å². The Morgan fingerprint density at radius 2 is 1.71 bits per heavy atom. The zero-order valence-electron chi connectivity index (χ0n) is 20.2. The highest BCUT2D eigenvalue weighted by molar-refractivity contribution is 7.85. The molecule has 0 bridgehead atoms. The van der Waals surface area contributed by atoms with Crippen molar-refractivity contribution < 1.29 is 9.00 Å². The number of amides is 1. The van der Waals surface area contributed by atoms with Crippen molar-refractivity contribution in [3.05, 3.63) is 35.0 Å². The van der Waals surface area contributed by atoms with Gasteiger partial charge < -0.3 is 20.0 Å². The normalized spacial score (nSPS) is 29.2. The number of anilines is 3. The summed E-state index contributed by atoms with van der Waals surface area (Å²) < 4.78 is 12.8. The minimum atomic E-state index is -1.06. The second-order valence-electron chi connectivity index (χ2n) is 10.9. The van der Waals surface area contributed by atoms with E-state index in [2.05, 4.69) is 33.3 Å². The fourth-order valence-electron chi connectivity index (χ4n) is 6.49. The number of likely N-dealkylation sites (N-methyl/N-ethyl adjacent to an activating group) is 1. The summed E-state index contributed by atoms with van der Waals surface area (Å²) in [6.07, 6.45) is 4.50. The van der Waals surface area contributed by atoms with Crippen LogP contribution in [0.5, 0.6) is 0 Å². The third-order valence-corrected chi connectivity index (χ3v) is 10.1. The summed E-state index contributed by atoms with van der Waals surface area (Å²) in [5.41, 5.74) is 5.35. The average Bonchev–Trinajstić information content (AvgIpc) is 3.51. The predicted octanol–water partition coefficient (Wildman–Crippen LogP) is 1.84. The molecule has 0 unspecified atom stereocenters. The summed E-state index contributed by atoms with van der Waals surface area (Å²) in [4.78, 5) is 29.2. The molecule has 1 aromatic carbocycles. The lowest BCUT2D eigenvalue weighted by atomic mass is 9.88. The van der Waals surface area contributed by atoms with Crippen molar-refractivity contribution in [3.8, 4) is 0 Å². The van der Waals surface area contributed by atoms with Gasteiger partial charge in [0.2, 0.25) is 11.9 Å². The fourth-order valence-corrected chi connectivity index (χ4v) is 7.81. The van der Waals surface area contributed by atoms with Gasteiger partial charge in [-0.15, -0.1) is 0 Å². The molecule has 7 rings (SSSR count). The van der Waals surface area contributed by atoms with Crippen molar-refractivity contribution in [2.75, 3.05) is 60.6 Å². The number of carbonyl (C=O) groups is 1. The first-order valence-corrected chi connectivity index (χ1v) is 14.2. The molecule has 2 aromatic rings. The van der Waals surface area contributed by atoms with Crippen molar-refractivity contribution in [1.29, 1.82) is 0 Å². The third-order valence-electron chi connectivity index (χ3n) is 8.63. The molecule has 3 fully saturated rings. The standard InChI is InChI=1S/C26H32N6O2S/c1-30-15-20(5-7-23(30)33)27-25-24-22(8-9-35(24)34)28-26(29-25)32-13-18-11-31(12-19(18)14-32)21-6-4-16-2-3-17(16)10-21/h4,6,10,18-20H,2-3,5,7-9,11-15H2,1H3,(H,27,28,29)/t18-,19+,20-,35+/m1/s1. The number of aryl methyl sites for hydroxylation is 3. The van der Waals surface area contributed by atoms with Crippen LogP contribution in [0.2, 0.25) is 0 Å². The zero-order valence-corrected chi connectivity index (χ0v) is 21.0. The largest absolute Gasteiger partial charge is 0.371 e. The fraction of sp³-hybridized carbons (Fsp3) is 0.577. The summed E-state index contributed by atoms with van der Waals surface area (Å²) in [6, 6.07) is 7.13. The molecular formula is C26H32N6O2S. The van der Waals surface area contributed by atoms with Crippen LogP contribution in [0.15, 0.2) is 23.1 Å². The first kappa shape index (κ1) is 21.6. The minimum Gasteiger partial charge on any atom is -0.371 e. The smallest absolute Gasteiger partial charge is 0.227 e. The molecule has 4 aliphatic heterocycles. The molecule has 1 amide bonds. The molecule has 8 nitrogen and oxygen atoms in total. The van der Waals surface area contributed by atoms with Gasteiger partial charge in [-0.3, -0.25) is 9.00 Å². The van der Waals surface area contributed by atoms with Crippen LogP contribution in [0.25, 0.3) is 0 Å². The SMILES string of the molecule is CN1C[C@H](Nc2nc(N3C[C@H]4CN(c5ccc6c(c5)CC6)C[C@H]4C3)nc3c2[S@@](=O)CC3)CCC1=O. The molecule has 35 heavy (non-hydrogen) atoms. The van der Waals surface area contributed by atoms with Crippen LogP contribution in [0.1, 0.15) is 29.7 Å². The lowest BCUT2D eigenvalue weighted by Crippen LogP contribution is -2.43. The number of likely N-dealkylation sites (tertiary alicyclic amines) is 1. The van der Waals surface area contributed by atoms with E-state index in [1.165, 1.54) is 29.7 Å². The second-order valence-corrected chi connectivity index (χ2v) is 12.4. The number of carbonyl (C=O) groups excluding carboxylic acids is 1. The highest BCUT2D eigenvalue weighted by Crippen LogP contribution is 2.38. The molecule has 9 heteroatoms. The summed E-state index contributed by atoms with van der Waals surface area (Å²) in [5, 5.41) is 3.55. The number of rotatable bonds is 4. The number of hydrogen-bond donors (Lipinski definition) is 1. The van der Waals surface area contributed by atoms with Gasteiger partial charge in [0.05, 0.1) is 16.5 Å².